The number of ether oxygens (including phenoxy) is 2. The zero-order chi connectivity index (χ0) is 21.0. The van der Waals surface area contributed by atoms with Gasteiger partial charge >= 0.3 is 0 Å². The van der Waals surface area contributed by atoms with Crippen molar-refractivity contribution in [2.75, 3.05) is 20.8 Å². The summed E-state index contributed by atoms with van der Waals surface area (Å²) in [7, 11) is 3.24. The lowest BCUT2D eigenvalue weighted by molar-refractivity contribution is -0.117. The number of aryl methyl sites for hydroxylation is 1. The summed E-state index contributed by atoms with van der Waals surface area (Å²) in [6, 6.07) is 12.1. The number of fused-ring (bicyclic) bond motifs is 1. The molecule has 0 saturated carbocycles. The molecule has 0 fully saturated rings. The van der Waals surface area contributed by atoms with Gasteiger partial charge in [0, 0.05) is 41.3 Å². The van der Waals surface area contributed by atoms with Crippen LogP contribution in [0.5, 0.6) is 5.75 Å². The molecule has 0 aliphatic rings. The molecule has 0 bridgehead atoms. The molecule has 3 aromatic rings. The third-order valence-corrected chi connectivity index (χ3v) is 4.91. The number of rotatable bonds is 7. The van der Waals surface area contributed by atoms with Crippen LogP contribution in [0.3, 0.4) is 0 Å². The summed E-state index contributed by atoms with van der Waals surface area (Å²) in [6.07, 6.45) is 3.37. The Labute approximate surface area is 171 Å². The number of hydrogen-bond acceptors (Lipinski definition) is 4. The first-order valence-corrected chi connectivity index (χ1v) is 9.58. The monoisotopic (exact) mass is 393 g/mol. The second-order valence-electron chi connectivity index (χ2n) is 7.17. The molecule has 1 unspecified atom stereocenters. The van der Waals surface area contributed by atoms with E-state index in [4.69, 9.17) is 13.9 Å². The van der Waals surface area contributed by atoms with Gasteiger partial charge in [-0.1, -0.05) is 30.3 Å². The zero-order valence-electron chi connectivity index (χ0n) is 17.5. The first-order valence-electron chi connectivity index (χ1n) is 9.58. The molecule has 0 aliphatic carbocycles. The number of methoxy groups -OCH3 is 2. The van der Waals surface area contributed by atoms with Crippen molar-refractivity contribution in [1.82, 2.24) is 5.32 Å². The molecule has 1 amide bonds. The Kier molecular flexibility index (Phi) is 6.39. The highest BCUT2D eigenvalue weighted by molar-refractivity contribution is 6.01. The lowest BCUT2D eigenvalue weighted by atomic mass is 9.96. The number of carbonyl (C=O) groups is 1. The van der Waals surface area contributed by atoms with E-state index in [1.54, 1.807) is 26.6 Å². The maximum atomic E-state index is 12.4. The first kappa shape index (κ1) is 20.7. The van der Waals surface area contributed by atoms with Gasteiger partial charge < -0.3 is 19.2 Å². The predicted molar refractivity (Wildman–Crippen MR) is 116 cm³/mol. The number of carbonyl (C=O) groups excluding carboxylic acids is 1. The normalized spacial score (nSPS) is 12.8. The summed E-state index contributed by atoms with van der Waals surface area (Å²) in [5.74, 6) is 0.542. The van der Waals surface area contributed by atoms with Crippen molar-refractivity contribution in [2.24, 2.45) is 0 Å². The summed E-state index contributed by atoms with van der Waals surface area (Å²) in [6.45, 7) is 6.24. The molecule has 0 saturated heterocycles. The van der Waals surface area contributed by atoms with Gasteiger partial charge in [0.15, 0.2) is 0 Å². The highest BCUT2D eigenvalue weighted by Crippen LogP contribution is 2.40. The summed E-state index contributed by atoms with van der Waals surface area (Å²) >= 11 is 0. The third-order valence-electron chi connectivity index (χ3n) is 4.91. The van der Waals surface area contributed by atoms with Crippen molar-refractivity contribution >= 4 is 22.4 Å². The average Bonchev–Trinajstić information content (AvgIpc) is 3.12. The summed E-state index contributed by atoms with van der Waals surface area (Å²) in [4.78, 5) is 12.4. The van der Waals surface area contributed by atoms with Crippen molar-refractivity contribution in [2.45, 2.75) is 26.8 Å². The Bertz CT molecular complexity index is 1030. The Balaban J connectivity index is 2.07. The second kappa shape index (κ2) is 8.97. The van der Waals surface area contributed by atoms with Crippen LogP contribution in [0.15, 0.2) is 53.2 Å². The number of benzene rings is 2. The molecule has 152 valence electrons. The Morgan fingerprint density at radius 3 is 2.62 bits per heavy atom. The van der Waals surface area contributed by atoms with Crippen molar-refractivity contribution in [3.8, 4) is 16.9 Å². The number of amides is 1. The second-order valence-corrected chi connectivity index (χ2v) is 7.17. The van der Waals surface area contributed by atoms with E-state index >= 15 is 0 Å². The van der Waals surface area contributed by atoms with Crippen LogP contribution < -0.4 is 10.1 Å². The van der Waals surface area contributed by atoms with Gasteiger partial charge in [-0.2, -0.15) is 0 Å². The van der Waals surface area contributed by atoms with Gasteiger partial charge in [0.2, 0.25) is 5.91 Å². The molecule has 3 rings (SSSR count). The van der Waals surface area contributed by atoms with Gasteiger partial charge in [-0.25, -0.2) is 0 Å². The van der Waals surface area contributed by atoms with E-state index in [0.717, 1.165) is 38.8 Å². The van der Waals surface area contributed by atoms with E-state index < -0.39 is 0 Å². The minimum Gasteiger partial charge on any atom is -0.496 e. The molecule has 5 heteroatoms. The summed E-state index contributed by atoms with van der Waals surface area (Å²) < 4.78 is 16.6. The van der Waals surface area contributed by atoms with E-state index in [1.165, 1.54) is 0 Å². The lowest BCUT2D eigenvalue weighted by Crippen LogP contribution is -2.34. The van der Waals surface area contributed by atoms with E-state index in [-0.39, 0.29) is 11.9 Å². The molecule has 1 atom stereocenters. The van der Waals surface area contributed by atoms with Crippen molar-refractivity contribution in [1.29, 1.82) is 0 Å². The van der Waals surface area contributed by atoms with E-state index in [0.29, 0.717) is 12.4 Å². The molecular weight excluding hydrogens is 366 g/mol. The fourth-order valence-electron chi connectivity index (χ4n) is 3.56. The van der Waals surface area contributed by atoms with Gasteiger partial charge in [-0.3, -0.25) is 4.79 Å². The molecule has 0 spiro atoms. The van der Waals surface area contributed by atoms with E-state index in [1.807, 2.05) is 45.0 Å². The van der Waals surface area contributed by atoms with Crippen LogP contribution in [-0.2, 0) is 9.53 Å². The smallest absolute Gasteiger partial charge is 0.244 e. The maximum absolute atomic E-state index is 12.4. The fourth-order valence-corrected chi connectivity index (χ4v) is 3.56. The summed E-state index contributed by atoms with van der Waals surface area (Å²) in [5, 5.41) is 3.89. The van der Waals surface area contributed by atoms with Crippen LogP contribution in [0, 0.1) is 6.92 Å². The highest BCUT2D eigenvalue weighted by Gasteiger charge is 2.19. The van der Waals surface area contributed by atoms with E-state index in [9.17, 15) is 4.79 Å². The Morgan fingerprint density at radius 1 is 1.24 bits per heavy atom. The molecule has 0 aliphatic heterocycles. The summed E-state index contributed by atoms with van der Waals surface area (Å²) in [5.41, 5.74) is 5.46. The molecule has 0 radical (unpaired) electrons. The molecule has 1 N–H and O–H groups in total. The number of nitrogens with one attached hydrogen (secondary N) is 1. The minimum atomic E-state index is -0.165. The predicted octanol–water partition coefficient (Wildman–Crippen LogP) is 4.97. The number of hydrogen-bond donors (Lipinski definition) is 1. The number of allylic oxidation sites excluding steroid dienone is 1. The van der Waals surface area contributed by atoms with Gasteiger partial charge in [0.1, 0.15) is 11.3 Å². The lowest BCUT2D eigenvalue weighted by Gasteiger charge is -2.14. The van der Waals surface area contributed by atoms with Gasteiger partial charge in [0.05, 0.1) is 20.0 Å². The topological polar surface area (TPSA) is 60.7 Å². The van der Waals surface area contributed by atoms with Crippen LogP contribution >= 0.6 is 0 Å². The SMILES string of the molecule is COCC(C)NC(=O)/C=C(\C)c1cc2c(-c3ccccc3)coc2c(C)c1OC. The third kappa shape index (κ3) is 4.35. The molecule has 2 aromatic carbocycles. The quantitative estimate of drug-likeness (QED) is 0.576. The van der Waals surface area contributed by atoms with Gasteiger partial charge in [-0.05, 0) is 38.0 Å². The molecule has 1 heterocycles. The highest BCUT2D eigenvalue weighted by atomic mass is 16.5. The van der Waals surface area contributed by atoms with Crippen LogP contribution in [0.4, 0.5) is 0 Å². The molecule has 1 aromatic heterocycles. The van der Waals surface area contributed by atoms with Crippen molar-refractivity contribution < 1.29 is 18.7 Å². The Hall–Kier alpha value is -3.05. The zero-order valence-corrected chi connectivity index (χ0v) is 17.5. The van der Waals surface area contributed by atoms with Crippen LogP contribution in [0.2, 0.25) is 0 Å². The Morgan fingerprint density at radius 2 is 1.97 bits per heavy atom. The average molecular weight is 393 g/mol. The molecule has 5 nitrogen and oxygen atoms in total. The molecule has 29 heavy (non-hydrogen) atoms. The minimum absolute atomic E-state index is 0.0683. The van der Waals surface area contributed by atoms with Gasteiger partial charge in [0.25, 0.3) is 0 Å². The van der Waals surface area contributed by atoms with Crippen LogP contribution in [-0.4, -0.2) is 32.8 Å². The number of furan rings is 1. The van der Waals surface area contributed by atoms with Crippen molar-refractivity contribution in [3.05, 3.63) is 59.9 Å². The van der Waals surface area contributed by atoms with Crippen LogP contribution in [0.1, 0.15) is 25.0 Å². The first-order chi connectivity index (χ1) is 14.0. The van der Waals surface area contributed by atoms with Crippen LogP contribution in [0.25, 0.3) is 27.7 Å². The standard InChI is InChI=1S/C24H27NO4/c1-15(11-22(26)25-16(2)13-27-4)19-12-20-21(18-9-7-6-8-10-18)14-29-24(20)17(3)23(19)28-5/h6-12,14,16H,13H2,1-5H3,(H,25,26)/b15-11+. The maximum Gasteiger partial charge on any atom is 0.244 e. The molecular formula is C24H27NO4. The largest absolute Gasteiger partial charge is 0.496 e. The van der Waals surface area contributed by atoms with Crippen molar-refractivity contribution in [3.63, 3.8) is 0 Å². The fraction of sp³-hybridized carbons (Fsp3) is 0.292. The van der Waals surface area contributed by atoms with Gasteiger partial charge in [-0.15, -0.1) is 0 Å². The van der Waals surface area contributed by atoms with E-state index in [2.05, 4.69) is 17.4 Å².